The van der Waals surface area contributed by atoms with E-state index in [1.54, 1.807) is 13.8 Å². The maximum absolute atomic E-state index is 13.0. The van der Waals surface area contributed by atoms with Gasteiger partial charge in [-0.05, 0) is 18.8 Å². The predicted molar refractivity (Wildman–Crippen MR) is 105 cm³/mol. The van der Waals surface area contributed by atoms with Crippen LogP contribution in [0.1, 0.15) is 39.5 Å². The van der Waals surface area contributed by atoms with Gasteiger partial charge in [0.1, 0.15) is 18.1 Å². The van der Waals surface area contributed by atoms with Crippen LogP contribution in [0.25, 0.3) is 0 Å². The molecule has 1 aliphatic rings. The Balaban J connectivity index is 2.98. The molecule has 0 aromatic rings. The highest BCUT2D eigenvalue weighted by atomic mass is 16.4. The Kier molecular flexibility index (Phi) is 9.37. The van der Waals surface area contributed by atoms with Gasteiger partial charge in [-0.1, -0.05) is 13.8 Å². The molecule has 0 spiro atoms. The van der Waals surface area contributed by atoms with Crippen molar-refractivity contribution in [3.05, 3.63) is 0 Å². The lowest BCUT2D eigenvalue weighted by Crippen LogP contribution is -2.57. The topological polar surface area (TPSA) is 222 Å². The third-order valence-electron chi connectivity index (χ3n) is 4.87. The molecule has 4 atom stereocenters. The van der Waals surface area contributed by atoms with Crippen molar-refractivity contribution in [3.8, 4) is 0 Å². The summed E-state index contributed by atoms with van der Waals surface area (Å²) in [5, 5.41) is 22.8. The van der Waals surface area contributed by atoms with E-state index in [0.29, 0.717) is 6.42 Å². The van der Waals surface area contributed by atoms with Gasteiger partial charge in [-0.25, -0.2) is 4.79 Å². The van der Waals surface area contributed by atoms with Crippen molar-refractivity contribution >= 4 is 35.6 Å². The van der Waals surface area contributed by atoms with Gasteiger partial charge in [0, 0.05) is 6.54 Å². The van der Waals surface area contributed by atoms with Crippen LogP contribution in [0.4, 0.5) is 0 Å². The lowest BCUT2D eigenvalue weighted by Gasteiger charge is -2.29. The van der Waals surface area contributed by atoms with Crippen LogP contribution in [0.15, 0.2) is 0 Å². The molecule has 4 unspecified atom stereocenters. The molecule has 0 bridgehead atoms. The van der Waals surface area contributed by atoms with Crippen LogP contribution in [0.5, 0.6) is 0 Å². The lowest BCUT2D eigenvalue weighted by molar-refractivity contribution is -0.147. The van der Waals surface area contributed by atoms with E-state index in [9.17, 15) is 28.8 Å². The molecule has 0 aromatic heterocycles. The molecular weight excluding hydrogens is 414 g/mol. The Morgan fingerprint density at radius 3 is 2.13 bits per heavy atom. The third kappa shape index (κ3) is 7.51. The number of carboxylic acids is 2. The molecule has 0 radical (unpaired) electrons. The second-order valence-corrected chi connectivity index (χ2v) is 7.69. The number of carbonyl (C=O) groups excluding carboxylic acids is 4. The first kappa shape index (κ1) is 25.8. The van der Waals surface area contributed by atoms with Gasteiger partial charge in [-0.3, -0.25) is 24.0 Å². The molecule has 174 valence electrons. The maximum atomic E-state index is 13.0. The molecule has 1 aliphatic heterocycles. The average molecular weight is 443 g/mol. The van der Waals surface area contributed by atoms with Crippen LogP contribution in [0.3, 0.4) is 0 Å². The van der Waals surface area contributed by atoms with Crippen molar-refractivity contribution in [3.63, 3.8) is 0 Å². The Morgan fingerprint density at radius 2 is 1.65 bits per heavy atom. The van der Waals surface area contributed by atoms with Gasteiger partial charge in [0.2, 0.25) is 23.6 Å². The Labute approximate surface area is 178 Å². The average Bonchev–Trinajstić information content (AvgIpc) is 3.14. The minimum Gasteiger partial charge on any atom is -0.481 e. The number of amides is 4. The van der Waals surface area contributed by atoms with Crippen LogP contribution in [0.2, 0.25) is 0 Å². The normalized spacial score (nSPS) is 18.7. The molecule has 1 fully saturated rings. The molecule has 0 aliphatic carbocycles. The molecule has 8 N–H and O–H groups in total. The summed E-state index contributed by atoms with van der Waals surface area (Å²) in [5.41, 5.74) is 10.7. The van der Waals surface area contributed by atoms with E-state index < -0.39 is 72.6 Å². The zero-order chi connectivity index (χ0) is 23.9. The minimum absolute atomic E-state index is 0.104. The molecular formula is C18H29N5O8. The fourth-order valence-electron chi connectivity index (χ4n) is 3.12. The Hall–Kier alpha value is -3.22. The number of primary amides is 1. The minimum atomic E-state index is -1.57. The quantitative estimate of drug-likeness (QED) is 0.196. The highest BCUT2D eigenvalue weighted by Gasteiger charge is 2.40. The van der Waals surface area contributed by atoms with Gasteiger partial charge in [0.05, 0.1) is 18.9 Å². The molecule has 13 nitrogen and oxygen atoms in total. The van der Waals surface area contributed by atoms with Crippen LogP contribution in [-0.4, -0.2) is 81.4 Å². The van der Waals surface area contributed by atoms with Crippen LogP contribution >= 0.6 is 0 Å². The summed E-state index contributed by atoms with van der Waals surface area (Å²) in [7, 11) is 0. The predicted octanol–water partition coefficient (Wildman–Crippen LogP) is -2.63. The number of nitrogens with two attached hydrogens (primary N) is 2. The number of rotatable bonds is 11. The zero-order valence-electron chi connectivity index (χ0n) is 17.4. The van der Waals surface area contributed by atoms with Crippen LogP contribution < -0.4 is 22.1 Å². The number of carboxylic acid groups (broad SMARTS) is 2. The largest absolute Gasteiger partial charge is 0.481 e. The van der Waals surface area contributed by atoms with Crippen molar-refractivity contribution < 1.29 is 39.0 Å². The molecule has 1 heterocycles. The van der Waals surface area contributed by atoms with Gasteiger partial charge in [0.15, 0.2) is 0 Å². The van der Waals surface area contributed by atoms with E-state index in [1.165, 1.54) is 0 Å². The van der Waals surface area contributed by atoms with Crippen molar-refractivity contribution in [1.82, 2.24) is 15.5 Å². The number of hydrogen-bond donors (Lipinski definition) is 6. The van der Waals surface area contributed by atoms with Crippen molar-refractivity contribution in [2.45, 2.75) is 63.7 Å². The summed E-state index contributed by atoms with van der Waals surface area (Å²) in [4.78, 5) is 72.3. The molecule has 1 saturated heterocycles. The highest BCUT2D eigenvalue weighted by Crippen LogP contribution is 2.20. The van der Waals surface area contributed by atoms with E-state index >= 15 is 0 Å². The first-order chi connectivity index (χ1) is 14.3. The van der Waals surface area contributed by atoms with E-state index in [4.69, 9.17) is 21.7 Å². The molecule has 0 saturated carbocycles. The van der Waals surface area contributed by atoms with Crippen LogP contribution in [-0.2, 0) is 28.8 Å². The van der Waals surface area contributed by atoms with Gasteiger partial charge in [0.25, 0.3) is 0 Å². The molecule has 0 aromatic carbocycles. The second-order valence-electron chi connectivity index (χ2n) is 7.69. The first-order valence-electron chi connectivity index (χ1n) is 9.74. The monoisotopic (exact) mass is 443 g/mol. The van der Waals surface area contributed by atoms with Gasteiger partial charge >= 0.3 is 11.9 Å². The second kappa shape index (κ2) is 11.2. The fourth-order valence-corrected chi connectivity index (χ4v) is 3.12. The smallest absolute Gasteiger partial charge is 0.326 e. The Morgan fingerprint density at radius 1 is 1.03 bits per heavy atom. The number of carbonyl (C=O) groups is 6. The summed E-state index contributed by atoms with van der Waals surface area (Å²) in [5.74, 6) is -6.33. The summed E-state index contributed by atoms with van der Waals surface area (Å²) in [6.45, 7) is 3.47. The molecule has 31 heavy (non-hydrogen) atoms. The van der Waals surface area contributed by atoms with Crippen LogP contribution in [0, 0.1) is 5.92 Å². The number of nitrogens with one attached hydrogen (secondary N) is 2. The van der Waals surface area contributed by atoms with Gasteiger partial charge < -0.3 is 37.2 Å². The maximum Gasteiger partial charge on any atom is 0.326 e. The highest BCUT2D eigenvalue weighted by molar-refractivity contribution is 5.96. The number of nitrogens with zero attached hydrogens (tertiary/aromatic N) is 1. The van der Waals surface area contributed by atoms with Crippen molar-refractivity contribution in [1.29, 1.82) is 0 Å². The SMILES string of the molecule is CC(C)C(N)C(=O)NC(CC(=O)O)C(=O)N1CCCC1C(=O)NC(CC(N)=O)C(=O)O. The zero-order valence-corrected chi connectivity index (χ0v) is 17.4. The Bertz CT molecular complexity index is 740. The lowest BCUT2D eigenvalue weighted by atomic mass is 10.0. The van der Waals surface area contributed by atoms with Gasteiger partial charge in [-0.15, -0.1) is 0 Å². The van der Waals surface area contributed by atoms with Crippen molar-refractivity contribution in [2.75, 3.05) is 6.54 Å². The standard InChI is InChI=1S/C18H29N5O8/c1-8(2)14(20)16(28)21-9(7-13(25)26)17(29)23-5-3-4-11(23)15(27)22-10(18(30)31)6-12(19)24/h8-11,14H,3-7,20H2,1-2H3,(H2,19,24)(H,21,28)(H,22,27)(H,25,26)(H,30,31). The number of aliphatic carboxylic acids is 2. The number of likely N-dealkylation sites (tertiary alicyclic amines) is 1. The van der Waals surface area contributed by atoms with E-state index in [1.807, 2.05) is 0 Å². The van der Waals surface area contributed by atoms with Gasteiger partial charge in [-0.2, -0.15) is 0 Å². The first-order valence-corrected chi connectivity index (χ1v) is 9.74. The molecule has 1 rings (SSSR count). The summed E-state index contributed by atoms with van der Waals surface area (Å²) in [6.07, 6.45) is -0.761. The van der Waals surface area contributed by atoms with E-state index in [-0.39, 0.29) is 18.9 Å². The summed E-state index contributed by atoms with van der Waals surface area (Å²) >= 11 is 0. The van der Waals surface area contributed by atoms with E-state index in [2.05, 4.69) is 10.6 Å². The molecule has 4 amide bonds. The third-order valence-corrected chi connectivity index (χ3v) is 4.87. The van der Waals surface area contributed by atoms with Crippen molar-refractivity contribution in [2.24, 2.45) is 17.4 Å². The summed E-state index contributed by atoms with van der Waals surface area (Å²) < 4.78 is 0. The molecule has 13 heteroatoms. The fraction of sp³-hybridized carbons (Fsp3) is 0.667. The summed E-state index contributed by atoms with van der Waals surface area (Å²) in [6, 6.07) is -5.08. The number of hydrogen-bond acceptors (Lipinski definition) is 7. The van der Waals surface area contributed by atoms with E-state index in [0.717, 1.165) is 4.90 Å².